The molecule has 0 aromatic heterocycles. The molecular weight excluding hydrogens is 518 g/mol. The Hall–Kier alpha value is -4.04. The maximum atomic E-state index is 13.4. The van der Waals surface area contributed by atoms with Crippen LogP contribution in [0.2, 0.25) is 0 Å². The van der Waals surface area contributed by atoms with E-state index in [-0.39, 0.29) is 12.5 Å². The fourth-order valence-electron chi connectivity index (χ4n) is 4.68. The largest absolute Gasteiger partial charge is 0.490 e. The number of carbonyl (C=O) groups excluding carboxylic acids is 1. The quantitative estimate of drug-likeness (QED) is 0.200. The first-order valence-corrected chi connectivity index (χ1v) is 14.5. The summed E-state index contributed by atoms with van der Waals surface area (Å²) in [5, 5.41) is 6.27. The SMILES string of the molecule is CCCOc1ccc(/C=N\N2C(=O)CN(Cc3ccccc3)[C@@H]2c2ccc(OCCC)c(OCC)c2)cc1OCC. The molecule has 0 spiro atoms. The first-order chi connectivity index (χ1) is 20.1. The van der Waals surface area contributed by atoms with Crippen LogP contribution in [0.4, 0.5) is 0 Å². The molecule has 1 aliphatic heterocycles. The van der Waals surface area contributed by atoms with Gasteiger partial charge in [-0.2, -0.15) is 5.10 Å². The topological polar surface area (TPSA) is 72.8 Å². The Morgan fingerprint density at radius 2 is 1.41 bits per heavy atom. The van der Waals surface area contributed by atoms with Crippen molar-refractivity contribution in [2.45, 2.75) is 53.2 Å². The van der Waals surface area contributed by atoms with E-state index in [2.05, 4.69) is 30.9 Å². The third kappa shape index (κ3) is 7.79. The van der Waals surface area contributed by atoms with Gasteiger partial charge in [-0.05, 0) is 73.7 Å². The minimum atomic E-state index is -0.420. The summed E-state index contributed by atoms with van der Waals surface area (Å²) in [6, 6.07) is 21.7. The van der Waals surface area contributed by atoms with Gasteiger partial charge < -0.3 is 18.9 Å². The third-order valence-corrected chi connectivity index (χ3v) is 6.49. The number of amides is 1. The predicted molar refractivity (Wildman–Crippen MR) is 161 cm³/mol. The van der Waals surface area contributed by atoms with Crippen molar-refractivity contribution in [2.24, 2.45) is 5.10 Å². The standard InChI is InChI=1S/C33H41N3O5/c1-5-18-40-28-16-14-26(20-30(28)38-7-3)22-34-36-32(37)24-35(23-25-12-10-9-11-13-25)33(36)27-15-17-29(41-19-6-2)31(21-27)39-8-4/h9-17,20-22,33H,5-8,18-19,23-24H2,1-4H3/b34-22-/t33-/m0/s1. The summed E-state index contributed by atoms with van der Waals surface area (Å²) in [5.74, 6) is 2.62. The molecule has 1 fully saturated rings. The minimum absolute atomic E-state index is 0.0839. The lowest BCUT2D eigenvalue weighted by atomic mass is 10.1. The summed E-state index contributed by atoms with van der Waals surface area (Å²) in [6.45, 7) is 11.1. The van der Waals surface area contributed by atoms with Crippen molar-refractivity contribution in [2.75, 3.05) is 33.0 Å². The summed E-state index contributed by atoms with van der Waals surface area (Å²) in [7, 11) is 0. The van der Waals surface area contributed by atoms with Crippen LogP contribution in [0.15, 0.2) is 71.8 Å². The van der Waals surface area contributed by atoms with Crippen LogP contribution in [0, 0.1) is 0 Å². The van der Waals surface area contributed by atoms with E-state index >= 15 is 0 Å². The lowest BCUT2D eigenvalue weighted by Gasteiger charge is -2.28. The van der Waals surface area contributed by atoms with Crippen LogP contribution in [0.25, 0.3) is 0 Å². The molecule has 3 aromatic carbocycles. The van der Waals surface area contributed by atoms with E-state index < -0.39 is 6.17 Å². The molecule has 4 rings (SSSR count). The van der Waals surface area contributed by atoms with Crippen molar-refractivity contribution in [3.63, 3.8) is 0 Å². The van der Waals surface area contributed by atoms with Gasteiger partial charge in [-0.3, -0.25) is 9.69 Å². The third-order valence-electron chi connectivity index (χ3n) is 6.49. The average Bonchev–Trinajstić information content (AvgIpc) is 3.29. The molecule has 0 N–H and O–H groups in total. The highest BCUT2D eigenvalue weighted by Crippen LogP contribution is 2.38. The molecule has 1 amide bonds. The Kier molecular flexibility index (Phi) is 11.0. The number of carbonyl (C=O) groups is 1. The van der Waals surface area contributed by atoms with Crippen molar-refractivity contribution in [3.8, 4) is 23.0 Å². The molecule has 218 valence electrons. The highest BCUT2D eigenvalue weighted by molar-refractivity contribution is 5.85. The van der Waals surface area contributed by atoms with Crippen LogP contribution in [0.5, 0.6) is 23.0 Å². The first kappa shape index (κ1) is 29.9. The molecule has 1 atom stereocenters. The van der Waals surface area contributed by atoms with Crippen LogP contribution in [0.1, 0.15) is 63.4 Å². The van der Waals surface area contributed by atoms with Crippen molar-refractivity contribution in [3.05, 3.63) is 83.4 Å². The number of hydrazone groups is 1. The van der Waals surface area contributed by atoms with Gasteiger partial charge in [0.1, 0.15) is 6.17 Å². The van der Waals surface area contributed by atoms with Gasteiger partial charge in [-0.15, -0.1) is 0 Å². The Morgan fingerprint density at radius 1 is 0.780 bits per heavy atom. The number of nitrogens with zero attached hydrogens (tertiary/aromatic N) is 3. The van der Waals surface area contributed by atoms with Gasteiger partial charge in [0.15, 0.2) is 23.0 Å². The molecule has 1 aliphatic rings. The van der Waals surface area contributed by atoms with E-state index in [9.17, 15) is 4.79 Å². The van der Waals surface area contributed by atoms with Crippen LogP contribution in [-0.4, -0.2) is 55.0 Å². The van der Waals surface area contributed by atoms with Crippen LogP contribution in [0.3, 0.4) is 0 Å². The molecule has 1 saturated heterocycles. The van der Waals surface area contributed by atoms with E-state index in [1.54, 1.807) is 11.2 Å². The number of ether oxygens (including phenoxy) is 4. The molecule has 0 aliphatic carbocycles. The first-order valence-electron chi connectivity index (χ1n) is 14.5. The van der Waals surface area contributed by atoms with Crippen molar-refractivity contribution < 1.29 is 23.7 Å². The maximum absolute atomic E-state index is 13.4. The zero-order valence-corrected chi connectivity index (χ0v) is 24.5. The second-order valence-corrected chi connectivity index (χ2v) is 9.72. The Bertz CT molecular complexity index is 1300. The average molecular weight is 560 g/mol. The van der Waals surface area contributed by atoms with Gasteiger partial charge in [0.25, 0.3) is 5.91 Å². The van der Waals surface area contributed by atoms with E-state index in [1.165, 1.54) is 0 Å². The number of rotatable bonds is 15. The summed E-state index contributed by atoms with van der Waals surface area (Å²) in [6.07, 6.45) is 3.08. The van der Waals surface area contributed by atoms with Crippen molar-refractivity contribution in [1.29, 1.82) is 0 Å². The fourth-order valence-corrected chi connectivity index (χ4v) is 4.68. The Labute approximate surface area is 243 Å². The van der Waals surface area contributed by atoms with Gasteiger partial charge in [0, 0.05) is 6.54 Å². The zero-order valence-electron chi connectivity index (χ0n) is 24.5. The lowest BCUT2D eigenvalue weighted by molar-refractivity contribution is -0.128. The molecule has 0 unspecified atom stereocenters. The van der Waals surface area contributed by atoms with Crippen molar-refractivity contribution >= 4 is 12.1 Å². The molecule has 0 bridgehead atoms. The van der Waals surface area contributed by atoms with E-state index in [4.69, 9.17) is 24.0 Å². The van der Waals surface area contributed by atoms with E-state index in [1.807, 2.05) is 68.4 Å². The molecular formula is C33H41N3O5. The second-order valence-electron chi connectivity index (χ2n) is 9.72. The lowest BCUT2D eigenvalue weighted by Crippen LogP contribution is -2.28. The predicted octanol–water partition coefficient (Wildman–Crippen LogP) is 6.44. The minimum Gasteiger partial charge on any atom is -0.490 e. The zero-order chi connectivity index (χ0) is 29.0. The normalized spacial score (nSPS) is 15.5. The molecule has 0 radical (unpaired) electrons. The van der Waals surface area contributed by atoms with Gasteiger partial charge >= 0.3 is 0 Å². The van der Waals surface area contributed by atoms with Crippen LogP contribution < -0.4 is 18.9 Å². The molecule has 8 nitrogen and oxygen atoms in total. The highest BCUT2D eigenvalue weighted by Gasteiger charge is 2.39. The summed E-state index contributed by atoms with van der Waals surface area (Å²) in [4.78, 5) is 15.5. The Morgan fingerprint density at radius 3 is 2.05 bits per heavy atom. The summed E-state index contributed by atoms with van der Waals surface area (Å²) >= 11 is 0. The smallest absolute Gasteiger partial charge is 0.258 e. The monoisotopic (exact) mass is 559 g/mol. The maximum Gasteiger partial charge on any atom is 0.258 e. The van der Waals surface area contributed by atoms with Gasteiger partial charge in [0.2, 0.25) is 0 Å². The summed E-state index contributed by atoms with van der Waals surface area (Å²) in [5.41, 5.74) is 2.83. The summed E-state index contributed by atoms with van der Waals surface area (Å²) < 4.78 is 23.5. The van der Waals surface area contributed by atoms with Crippen LogP contribution >= 0.6 is 0 Å². The molecule has 3 aromatic rings. The van der Waals surface area contributed by atoms with Gasteiger partial charge in [-0.1, -0.05) is 50.2 Å². The molecule has 0 saturated carbocycles. The molecule has 8 heteroatoms. The number of benzene rings is 3. The Balaban J connectivity index is 1.68. The van der Waals surface area contributed by atoms with Gasteiger partial charge in [-0.25, -0.2) is 5.01 Å². The second kappa shape index (κ2) is 15.1. The highest BCUT2D eigenvalue weighted by atomic mass is 16.5. The number of hydrogen-bond donors (Lipinski definition) is 0. The van der Waals surface area contributed by atoms with Crippen LogP contribution in [-0.2, 0) is 11.3 Å². The van der Waals surface area contributed by atoms with E-state index in [0.29, 0.717) is 56.0 Å². The fraction of sp³-hybridized carbons (Fsp3) is 0.394. The molecule has 41 heavy (non-hydrogen) atoms. The van der Waals surface area contributed by atoms with Crippen molar-refractivity contribution in [1.82, 2.24) is 9.91 Å². The number of hydrogen-bond acceptors (Lipinski definition) is 7. The van der Waals surface area contributed by atoms with Gasteiger partial charge in [0.05, 0.1) is 39.2 Å². The van der Waals surface area contributed by atoms with E-state index in [0.717, 1.165) is 29.5 Å². The molecule has 1 heterocycles.